The molecular formula is C15H19F3O. The van der Waals surface area contributed by atoms with Gasteiger partial charge in [0.2, 0.25) is 0 Å². The van der Waals surface area contributed by atoms with Gasteiger partial charge in [0.05, 0.1) is 18.3 Å². The second kappa shape index (κ2) is 6.42. The molecule has 106 valence electrons. The van der Waals surface area contributed by atoms with Crippen LogP contribution in [0.5, 0.6) is 0 Å². The molecule has 1 aliphatic rings. The molecule has 19 heavy (non-hydrogen) atoms. The van der Waals surface area contributed by atoms with Crippen LogP contribution in [0, 0.1) is 0 Å². The van der Waals surface area contributed by atoms with Gasteiger partial charge >= 0.3 is 6.18 Å². The van der Waals surface area contributed by atoms with Crippen molar-refractivity contribution >= 4 is 0 Å². The molecule has 1 saturated carbocycles. The molecule has 0 unspecified atom stereocenters. The highest BCUT2D eigenvalue weighted by Crippen LogP contribution is 2.32. The van der Waals surface area contributed by atoms with Crippen LogP contribution in [-0.4, -0.2) is 12.7 Å². The highest BCUT2D eigenvalue weighted by molar-refractivity contribution is 5.29. The molecule has 0 radical (unpaired) electrons. The molecule has 1 aromatic carbocycles. The van der Waals surface area contributed by atoms with Crippen LogP contribution in [0.3, 0.4) is 0 Å². The molecule has 0 aromatic heterocycles. The van der Waals surface area contributed by atoms with Crippen molar-refractivity contribution < 1.29 is 17.9 Å². The molecule has 4 heteroatoms. The summed E-state index contributed by atoms with van der Waals surface area (Å²) in [6, 6.07) is 5.74. The van der Waals surface area contributed by atoms with Crippen LogP contribution in [-0.2, 0) is 17.3 Å². The quantitative estimate of drug-likeness (QED) is 0.778. The minimum Gasteiger partial charge on any atom is -0.378 e. The Bertz CT molecular complexity index is 395. The molecule has 0 spiro atoms. The molecule has 0 heterocycles. The van der Waals surface area contributed by atoms with Gasteiger partial charge in [-0.2, -0.15) is 13.2 Å². The lowest BCUT2D eigenvalue weighted by atomic mass is 9.98. The SMILES string of the molecule is FC(F)(F)c1ccccc1CCOC1CCCCC1. The van der Waals surface area contributed by atoms with Gasteiger partial charge in [-0.15, -0.1) is 0 Å². The van der Waals surface area contributed by atoms with Gasteiger partial charge in [-0.1, -0.05) is 37.5 Å². The molecule has 1 aliphatic carbocycles. The lowest BCUT2D eigenvalue weighted by Crippen LogP contribution is -2.18. The van der Waals surface area contributed by atoms with Crippen LogP contribution in [0.1, 0.15) is 43.2 Å². The topological polar surface area (TPSA) is 9.23 Å². The molecular weight excluding hydrogens is 253 g/mol. The van der Waals surface area contributed by atoms with E-state index in [9.17, 15) is 13.2 Å². The first-order valence-corrected chi connectivity index (χ1v) is 6.84. The number of rotatable bonds is 4. The fourth-order valence-electron chi connectivity index (χ4n) is 2.58. The molecule has 1 fully saturated rings. The molecule has 2 rings (SSSR count). The van der Waals surface area contributed by atoms with Crippen LogP contribution in [0.25, 0.3) is 0 Å². The van der Waals surface area contributed by atoms with Crippen molar-refractivity contribution in [3.8, 4) is 0 Å². The van der Waals surface area contributed by atoms with E-state index in [2.05, 4.69) is 0 Å². The maximum absolute atomic E-state index is 12.8. The number of hydrogen-bond donors (Lipinski definition) is 0. The third-order valence-corrected chi connectivity index (χ3v) is 3.60. The zero-order chi connectivity index (χ0) is 13.7. The number of alkyl halides is 3. The van der Waals surface area contributed by atoms with Crippen LogP contribution in [0.2, 0.25) is 0 Å². The Balaban J connectivity index is 1.88. The average Bonchev–Trinajstić information content (AvgIpc) is 2.39. The maximum Gasteiger partial charge on any atom is 0.416 e. The molecule has 0 N–H and O–H groups in total. The summed E-state index contributed by atoms with van der Waals surface area (Å²) in [6.07, 6.45) is 1.96. The summed E-state index contributed by atoms with van der Waals surface area (Å²) in [4.78, 5) is 0. The fraction of sp³-hybridized carbons (Fsp3) is 0.600. The first kappa shape index (κ1) is 14.4. The summed E-state index contributed by atoms with van der Waals surface area (Å²) in [6.45, 7) is 0.373. The maximum atomic E-state index is 12.8. The Hall–Kier alpha value is -1.03. The zero-order valence-electron chi connectivity index (χ0n) is 10.9. The monoisotopic (exact) mass is 272 g/mol. The molecule has 0 bridgehead atoms. The van der Waals surface area contributed by atoms with Gasteiger partial charge in [-0.25, -0.2) is 0 Å². The number of ether oxygens (including phenoxy) is 1. The molecule has 0 amide bonds. The predicted octanol–water partition coefficient (Wildman–Crippen LogP) is 4.60. The zero-order valence-corrected chi connectivity index (χ0v) is 10.9. The number of halogens is 3. The van der Waals surface area contributed by atoms with Crippen molar-refractivity contribution in [3.05, 3.63) is 35.4 Å². The van der Waals surface area contributed by atoms with Gasteiger partial charge in [-0.3, -0.25) is 0 Å². The molecule has 1 aromatic rings. The summed E-state index contributed by atoms with van der Waals surface area (Å²) in [5.41, 5.74) is -0.215. The first-order chi connectivity index (χ1) is 9.07. The highest BCUT2D eigenvalue weighted by atomic mass is 19.4. The summed E-state index contributed by atoms with van der Waals surface area (Å²) >= 11 is 0. The van der Waals surface area contributed by atoms with Crippen molar-refractivity contribution in [2.75, 3.05) is 6.61 Å². The Morgan fingerprint density at radius 1 is 1.05 bits per heavy atom. The van der Waals surface area contributed by atoms with Gasteiger partial charge in [0.1, 0.15) is 0 Å². The van der Waals surface area contributed by atoms with E-state index >= 15 is 0 Å². The molecule has 1 nitrogen and oxygen atoms in total. The van der Waals surface area contributed by atoms with Crippen molar-refractivity contribution in [1.82, 2.24) is 0 Å². The van der Waals surface area contributed by atoms with E-state index in [1.165, 1.54) is 31.4 Å². The minimum absolute atomic E-state index is 0.242. The van der Waals surface area contributed by atoms with Crippen LogP contribution in [0.15, 0.2) is 24.3 Å². The second-order valence-electron chi connectivity index (χ2n) is 5.04. The van der Waals surface area contributed by atoms with E-state index in [0.717, 1.165) is 18.9 Å². The van der Waals surface area contributed by atoms with Gasteiger partial charge in [0.25, 0.3) is 0 Å². The van der Waals surface area contributed by atoms with Crippen molar-refractivity contribution in [3.63, 3.8) is 0 Å². The molecule has 0 saturated heterocycles. The van der Waals surface area contributed by atoms with E-state index < -0.39 is 11.7 Å². The van der Waals surface area contributed by atoms with E-state index in [1.54, 1.807) is 6.07 Å². The normalized spacial score (nSPS) is 17.6. The van der Waals surface area contributed by atoms with Crippen LogP contribution < -0.4 is 0 Å². The lowest BCUT2D eigenvalue weighted by molar-refractivity contribution is -0.138. The second-order valence-corrected chi connectivity index (χ2v) is 5.04. The number of benzene rings is 1. The van der Waals surface area contributed by atoms with E-state index in [1.807, 2.05) is 0 Å². The highest BCUT2D eigenvalue weighted by Gasteiger charge is 2.32. The minimum atomic E-state index is -4.28. The first-order valence-electron chi connectivity index (χ1n) is 6.84. The average molecular weight is 272 g/mol. The Labute approximate surface area is 111 Å². The van der Waals surface area contributed by atoms with Crippen molar-refractivity contribution in [2.45, 2.75) is 50.8 Å². The number of hydrogen-bond acceptors (Lipinski definition) is 1. The summed E-state index contributed by atoms with van der Waals surface area (Å²) < 4.78 is 44.1. The third-order valence-electron chi connectivity index (χ3n) is 3.60. The molecule has 0 atom stereocenters. The van der Waals surface area contributed by atoms with Crippen molar-refractivity contribution in [2.24, 2.45) is 0 Å². The van der Waals surface area contributed by atoms with E-state index in [4.69, 9.17) is 4.74 Å². The summed E-state index contributed by atoms with van der Waals surface area (Å²) in [7, 11) is 0. The third kappa shape index (κ3) is 4.23. The van der Waals surface area contributed by atoms with Crippen molar-refractivity contribution in [1.29, 1.82) is 0 Å². The van der Waals surface area contributed by atoms with E-state index in [0.29, 0.717) is 18.6 Å². The van der Waals surface area contributed by atoms with Gasteiger partial charge < -0.3 is 4.74 Å². The summed E-state index contributed by atoms with van der Waals surface area (Å²) in [5.74, 6) is 0. The summed E-state index contributed by atoms with van der Waals surface area (Å²) in [5, 5.41) is 0. The fourth-order valence-corrected chi connectivity index (χ4v) is 2.58. The van der Waals surface area contributed by atoms with E-state index in [-0.39, 0.29) is 6.10 Å². The predicted molar refractivity (Wildman–Crippen MR) is 68.0 cm³/mol. The van der Waals surface area contributed by atoms with Gasteiger partial charge in [0, 0.05) is 0 Å². The Kier molecular flexibility index (Phi) is 4.86. The van der Waals surface area contributed by atoms with Gasteiger partial charge in [0.15, 0.2) is 0 Å². The van der Waals surface area contributed by atoms with Crippen LogP contribution in [0.4, 0.5) is 13.2 Å². The Morgan fingerprint density at radius 3 is 2.42 bits per heavy atom. The largest absolute Gasteiger partial charge is 0.416 e. The Morgan fingerprint density at radius 2 is 1.74 bits per heavy atom. The smallest absolute Gasteiger partial charge is 0.378 e. The van der Waals surface area contributed by atoms with Crippen LogP contribution >= 0.6 is 0 Å². The lowest BCUT2D eigenvalue weighted by Gasteiger charge is -2.22. The standard InChI is InChI=1S/C15H19F3O/c16-15(17,18)14-9-5-4-6-12(14)10-11-19-13-7-2-1-3-8-13/h4-6,9,13H,1-3,7-8,10-11H2. The molecule has 0 aliphatic heterocycles. The van der Waals surface area contributed by atoms with Gasteiger partial charge in [-0.05, 0) is 30.9 Å².